The Morgan fingerprint density at radius 1 is 1.23 bits per heavy atom. The smallest absolute Gasteiger partial charge is 0.287 e. The van der Waals surface area contributed by atoms with Gasteiger partial charge in [0, 0.05) is 35.0 Å². The second-order valence-corrected chi connectivity index (χ2v) is 8.12. The summed E-state index contributed by atoms with van der Waals surface area (Å²) in [7, 11) is 0. The number of carbonyl (C=O) groups excluding carboxylic acids is 1. The average molecular weight is 433 g/mol. The van der Waals surface area contributed by atoms with Crippen LogP contribution in [0.5, 0.6) is 0 Å². The van der Waals surface area contributed by atoms with Gasteiger partial charge in [-0.05, 0) is 48.7 Å². The fraction of sp³-hybridized carbons (Fsp3) is 0.208. The van der Waals surface area contributed by atoms with E-state index in [1.54, 1.807) is 6.20 Å². The fourth-order valence-electron chi connectivity index (χ4n) is 4.04. The number of amides is 1. The SMILES string of the molecule is Cc1c(C(=O)NCc2ccccn2)oc2c1-c1nn(Cc3cccc(Cl)c3)cc1CC2. The van der Waals surface area contributed by atoms with Gasteiger partial charge < -0.3 is 9.73 Å². The number of carbonyl (C=O) groups is 1. The molecule has 0 saturated carbocycles. The number of aryl methyl sites for hydroxylation is 2. The van der Waals surface area contributed by atoms with E-state index in [0.29, 0.717) is 23.9 Å². The molecule has 31 heavy (non-hydrogen) atoms. The standard InChI is InChI=1S/C24H21ClN4O2/c1-15-21-20(31-23(15)24(30)27-12-19-7-2-3-10-26-19)9-8-17-14-29(28-22(17)21)13-16-5-4-6-18(25)11-16/h2-7,10-11,14H,8-9,12-13H2,1H3,(H,27,30). The molecule has 0 bridgehead atoms. The third kappa shape index (κ3) is 3.86. The molecule has 1 amide bonds. The summed E-state index contributed by atoms with van der Waals surface area (Å²) in [6, 6.07) is 13.4. The lowest BCUT2D eigenvalue weighted by Gasteiger charge is -2.09. The van der Waals surface area contributed by atoms with Crippen molar-refractivity contribution in [3.63, 3.8) is 0 Å². The van der Waals surface area contributed by atoms with Crippen molar-refractivity contribution in [1.29, 1.82) is 0 Å². The molecule has 1 aliphatic rings. The topological polar surface area (TPSA) is 73.0 Å². The molecule has 0 radical (unpaired) electrons. The van der Waals surface area contributed by atoms with Crippen LogP contribution in [-0.4, -0.2) is 20.7 Å². The van der Waals surface area contributed by atoms with E-state index in [4.69, 9.17) is 21.1 Å². The van der Waals surface area contributed by atoms with E-state index in [9.17, 15) is 4.79 Å². The Balaban J connectivity index is 1.40. The van der Waals surface area contributed by atoms with Crippen LogP contribution in [0.1, 0.15) is 38.7 Å². The van der Waals surface area contributed by atoms with E-state index < -0.39 is 0 Å². The van der Waals surface area contributed by atoms with Crippen LogP contribution < -0.4 is 5.32 Å². The summed E-state index contributed by atoms with van der Waals surface area (Å²) in [4.78, 5) is 17.0. The molecule has 0 saturated heterocycles. The molecule has 7 heteroatoms. The first-order valence-electron chi connectivity index (χ1n) is 10.2. The minimum absolute atomic E-state index is 0.238. The van der Waals surface area contributed by atoms with Crippen LogP contribution in [0, 0.1) is 6.92 Å². The normalized spacial score (nSPS) is 12.3. The second kappa shape index (κ2) is 8.04. The van der Waals surface area contributed by atoms with Gasteiger partial charge in [0.15, 0.2) is 5.76 Å². The molecule has 1 N–H and O–H groups in total. The molecule has 0 fully saturated rings. The molecule has 0 atom stereocenters. The number of rotatable bonds is 5. The molecule has 1 aliphatic carbocycles. The lowest BCUT2D eigenvalue weighted by molar-refractivity contribution is 0.0920. The van der Waals surface area contributed by atoms with E-state index in [1.165, 1.54) is 5.56 Å². The Kier molecular flexibility index (Phi) is 5.08. The van der Waals surface area contributed by atoms with Crippen LogP contribution in [0.3, 0.4) is 0 Å². The predicted octanol–water partition coefficient (Wildman–Crippen LogP) is 4.58. The quantitative estimate of drug-likeness (QED) is 0.501. The van der Waals surface area contributed by atoms with E-state index in [0.717, 1.165) is 46.7 Å². The molecular weight excluding hydrogens is 412 g/mol. The first-order valence-corrected chi connectivity index (χ1v) is 10.6. The van der Waals surface area contributed by atoms with Gasteiger partial charge in [0.25, 0.3) is 5.91 Å². The van der Waals surface area contributed by atoms with Crippen molar-refractivity contribution in [2.24, 2.45) is 0 Å². The molecule has 0 spiro atoms. The van der Waals surface area contributed by atoms with Gasteiger partial charge in [-0.25, -0.2) is 0 Å². The van der Waals surface area contributed by atoms with Crippen LogP contribution in [-0.2, 0) is 25.9 Å². The number of nitrogens with one attached hydrogen (secondary N) is 1. The van der Waals surface area contributed by atoms with Crippen molar-refractivity contribution in [2.75, 3.05) is 0 Å². The van der Waals surface area contributed by atoms with Gasteiger partial charge in [0.05, 0.1) is 24.5 Å². The number of benzene rings is 1. The molecule has 0 unspecified atom stereocenters. The maximum atomic E-state index is 12.8. The van der Waals surface area contributed by atoms with Crippen molar-refractivity contribution in [1.82, 2.24) is 20.1 Å². The lowest BCUT2D eigenvalue weighted by atomic mass is 9.93. The molecule has 6 nitrogen and oxygen atoms in total. The molecule has 156 valence electrons. The number of nitrogens with zero attached hydrogens (tertiary/aromatic N) is 3. The predicted molar refractivity (Wildman–Crippen MR) is 118 cm³/mol. The second-order valence-electron chi connectivity index (χ2n) is 7.69. The van der Waals surface area contributed by atoms with Gasteiger partial charge in [-0.2, -0.15) is 5.10 Å². The van der Waals surface area contributed by atoms with Crippen molar-refractivity contribution in [3.05, 3.63) is 93.8 Å². The maximum absolute atomic E-state index is 12.8. The molecular formula is C24H21ClN4O2. The third-order valence-electron chi connectivity index (χ3n) is 5.51. The molecule has 5 rings (SSSR count). The molecule has 4 aromatic rings. The van der Waals surface area contributed by atoms with Crippen LogP contribution in [0.2, 0.25) is 5.02 Å². The van der Waals surface area contributed by atoms with E-state index in [2.05, 4.69) is 16.5 Å². The summed E-state index contributed by atoms with van der Waals surface area (Å²) < 4.78 is 7.92. The van der Waals surface area contributed by atoms with Crippen molar-refractivity contribution < 1.29 is 9.21 Å². The monoisotopic (exact) mass is 432 g/mol. The zero-order chi connectivity index (χ0) is 21.4. The third-order valence-corrected chi connectivity index (χ3v) is 5.75. The minimum atomic E-state index is -0.238. The van der Waals surface area contributed by atoms with Crippen molar-refractivity contribution in [2.45, 2.75) is 32.9 Å². The highest BCUT2D eigenvalue weighted by Crippen LogP contribution is 2.38. The first-order chi connectivity index (χ1) is 15.1. The lowest BCUT2D eigenvalue weighted by Crippen LogP contribution is -2.23. The number of aromatic nitrogens is 3. The van der Waals surface area contributed by atoms with Crippen molar-refractivity contribution in [3.8, 4) is 11.3 Å². The highest BCUT2D eigenvalue weighted by molar-refractivity contribution is 6.30. The first kappa shape index (κ1) is 19.6. The van der Waals surface area contributed by atoms with Crippen LogP contribution >= 0.6 is 11.6 Å². The Labute approximate surface area is 184 Å². The minimum Gasteiger partial charge on any atom is -0.455 e. The zero-order valence-electron chi connectivity index (χ0n) is 17.1. The Morgan fingerprint density at radius 3 is 2.94 bits per heavy atom. The Bertz CT molecular complexity index is 1260. The number of hydrogen-bond donors (Lipinski definition) is 1. The average Bonchev–Trinajstić information content (AvgIpc) is 3.33. The van der Waals surface area contributed by atoms with Crippen molar-refractivity contribution >= 4 is 17.5 Å². The Hall–Kier alpha value is -3.38. The van der Waals surface area contributed by atoms with Crippen LogP contribution in [0.15, 0.2) is 59.3 Å². The van der Waals surface area contributed by atoms with E-state index in [-0.39, 0.29) is 5.91 Å². The number of furan rings is 1. The van der Waals surface area contributed by atoms with Crippen LogP contribution in [0.4, 0.5) is 0 Å². The van der Waals surface area contributed by atoms with Gasteiger partial charge in [-0.1, -0.05) is 29.8 Å². The number of pyridine rings is 1. The van der Waals surface area contributed by atoms with E-state index in [1.807, 2.05) is 54.1 Å². The molecule has 3 heterocycles. The number of fused-ring (bicyclic) bond motifs is 3. The summed E-state index contributed by atoms with van der Waals surface area (Å²) in [5.41, 5.74) is 5.71. The Morgan fingerprint density at radius 2 is 2.13 bits per heavy atom. The summed E-state index contributed by atoms with van der Waals surface area (Å²) in [5.74, 6) is 0.927. The largest absolute Gasteiger partial charge is 0.455 e. The highest BCUT2D eigenvalue weighted by Gasteiger charge is 2.29. The highest BCUT2D eigenvalue weighted by atomic mass is 35.5. The number of halogens is 1. The summed E-state index contributed by atoms with van der Waals surface area (Å²) in [5, 5.41) is 8.43. The summed E-state index contributed by atoms with van der Waals surface area (Å²) in [6.45, 7) is 2.91. The van der Waals surface area contributed by atoms with E-state index >= 15 is 0 Å². The van der Waals surface area contributed by atoms with Gasteiger partial charge in [-0.15, -0.1) is 0 Å². The molecule has 1 aromatic carbocycles. The molecule has 3 aromatic heterocycles. The number of hydrogen-bond acceptors (Lipinski definition) is 4. The maximum Gasteiger partial charge on any atom is 0.287 e. The van der Waals surface area contributed by atoms with Gasteiger partial charge in [0.1, 0.15) is 5.76 Å². The zero-order valence-corrected chi connectivity index (χ0v) is 17.8. The summed E-state index contributed by atoms with van der Waals surface area (Å²) >= 11 is 6.11. The molecule has 0 aliphatic heterocycles. The van der Waals surface area contributed by atoms with Gasteiger partial charge >= 0.3 is 0 Å². The van der Waals surface area contributed by atoms with Gasteiger partial charge in [0.2, 0.25) is 0 Å². The summed E-state index contributed by atoms with van der Waals surface area (Å²) in [6.07, 6.45) is 5.37. The van der Waals surface area contributed by atoms with Crippen LogP contribution in [0.25, 0.3) is 11.3 Å². The van der Waals surface area contributed by atoms with Gasteiger partial charge in [-0.3, -0.25) is 14.5 Å². The fourth-order valence-corrected chi connectivity index (χ4v) is 4.25.